The summed E-state index contributed by atoms with van der Waals surface area (Å²) in [6, 6.07) is 0. The molecule has 18 heavy (non-hydrogen) atoms. The highest BCUT2D eigenvalue weighted by Gasteiger charge is 2.43. The predicted molar refractivity (Wildman–Crippen MR) is 68.2 cm³/mol. The Balaban J connectivity index is 2.70. The summed E-state index contributed by atoms with van der Waals surface area (Å²) in [7, 11) is 0. The maximum absolute atomic E-state index is 12.0. The fraction of sp³-hybridized carbons (Fsp3) is 0.857. The van der Waals surface area contributed by atoms with Crippen molar-refractivity contribution in [2.45, 2.75) is 65.4 Å². The quantitative estimate of drug-likeness (QED) is 0.620. The van der Waals surface area contributed by atoms with Gasteiger partial charge >= 0.3 is 11.9 Å². The van der Waals surface area contributed by atoms with Gasteiger partial charge in [-0.1, -0.05) is 19.3 Å². The highest BCUT2D eigenvalue weighted by molar-refractivity contribution is 5.98. The van der Waals surface area contributed by atoms with Crippen molar-refractivity contribution in [1.82, 2.24) is 0 Å². The molecule has 0 amide bonds. The van der Waals surface area contributed by atoms with Crippen molar-refractivity contribution in [2.75, 3.05) is 0 Å². The second-order valence-corrected chi connectivity index (χ2v) is 6.26. The topological polar surface area (TPSA) is 63.6 Å². The van der Waals surface area contributed by atoms with Gasteiger partial charge in [0.1, 0.15) is 5.60 Å². The molecule has 1 rings (SSSR count). The first-order chi connectivity index (χ1) is 8.18. The number of esters is 1. The number of carboxylic acid groups (broad SMARTS) is 1. The molecule has 0 bridgehead atoms. The average Bonchev–Trinajstić information content (AvgIpc) is 2.29. The average molecular weight is 256 g/mol. The summed E-state index contributed by atoms with van der Waals surface area (Å²) < 4.78 is 5.48. The number of carboxylic acids is 1. The Bertz CT molecular complexity index is 325. The molecule has 0 spiro atoms. The van der Waals surface area contributed by atoms with Crippen LogP contribution >= 0.6 is 0 Å². The summed E-state index contributed by atoms with van der Waals surface area (Å²) in [5.74, 6) is -1.46. The lowest BCUT2D eigenvalue weighted by Gasteiger charge is -2.37. The van der Waals surface area contributed by atoms with Crippen molar-refractivity contribution in [1.29, 1.82) is 0 Å². The largest absolute Gasteiger partial charge is 0.480 e. The first-order valence-electron chi connectivity index (χ1n) is 6.65. The molecule has 0 radical (unpaired) electrons. The van der Waals surface area contributed by atoms with Crippen LogP contribution in [-0.2, 0) is 14.3 Å². The van der Waals surface area contributed by atoms with Crippen molar-refractivity contribution in [3.63, 3.8) is 0 Å². The SMILES string of the molecule is CC(C)(C(=O)O)C(=O)OC(C)(C)C1CCCCC1. The molecule has 104 valence electrons. The van der Waals surface area contributed by atoms with Crippen molar-refractivity contribution >= 4 is 11.9 Å². The molecule has 0 aromatic heterocycles. The highest BCUT2D eigenvalue weighted by atomic mass is 16.6. The lowest BCUT2D eigenvalue weighted by molar-refractivity contribution is -0.180. The summed E-state index contributed by atoms with van der Waals surface area (Å²) in [6.45, 7) is 6.54. The molecule has 1 fully saturated rings. The molecular weight excluding hydrogens is 232 g/mol. The predicted octanol–water partition coefficient (Wildman–Crippen LogP) is 3.00. The Morgan fingerprint density at radius 1 is 1.06 bits per heavy atom. The van der Waals surface area contributed by atoms with E-state index in [-0.39, 0.29) is 0 Å². The number of carbonyl (C=O) groups excluding carboxylic acids is 1. The minimum absolute atomic E-state index is 0.333. The number of hydrogen-bond acceptors (Lipinski definition) is 3. The Hall–Kier alpha value is -1.06. The van der Waals surface area contributed by atoms with Crippen LogP contribution in [0.15, 0.2) is 0 Å². The Morgan fingerprint density at radius 2 is 1.56 bits per heavy atom. The number of hydrogen-bond donors (Lipinski definition) is 1. The van der Waals surface area contributed by atoms with Crippen LogP contribution in [0.2, 0.25) is 0 Å². The van der Waals surface area contributed by atoms with Gasteiger partial charge in [0.15, 0.2) is 5.41 Å². The zero-order chi connectivity index (χ0) is 14.0. The smallest absolute Gasteiger partial charge is 0.323 e. The maximum Gasteiger partial charge on any atom is 0.323 e. The van der Waals surface area contributed by atoms with Crippen LogP contribution < -0.4 is 0 Å². The standard InChI is InChI=1S/C14H24O4/c1-13(2,11(15)16)12(17)18-14(3,4)10-8-6-5-7-9-10/h10H,5-9H2,1-4H3,(H,15,16). The van der Waals surface area contributed by atoms with E-state index in [1.807, 2.05) is 13.8 Å². The Kier molecular flexibility index (Phi) is 4.41. The number of carbonyl (C=O) groups is 2. The number of rotatable bonds is 4. The molecule has 0 saturated heterocycles. The summed E-state index contributed by atoms with van der Waals surface area (Å²) in [4.78, 5) is 23.0. The van der Waals surface area contributed by atoms with Gasteiger partial charge < -0.3 is 9.84 Å². The molecule has 1 aliphatic carbocycles. The lowest BCUT2D eigenvalue weighted by atomic mass is 9.78. The van der Waals surface area contributed by atoms with Crippen molar-refractivity contribution < 1.29 is 19.4 Å². The normalized spacial score (nSPS) is 18.4. The molecule has 0 aromatic carbocycles. The van der Waals surface area contributed by atoms with E-state index in [1.165, 1.54) is 20.3 Å². The van der Waals surface area contributed by atoms with E-state index in [0.29, 0.717) is 5.92 Å². The number of aliphatic carboxylic acids is 1. The second-order valence-electron chi connectivity index (χ2n) is 6.26. The monoisotopic (exact) mass is 256 g/mol. The van der Waals surface area contributed by atoms with Crippen LogP contribution in [-0.4, -0.2) is 22.6 Å². The zero-order valence-electron chi connectivity index (χ0n) is 11.8. The molecule has 0 atom stereocenters. The summed E-state index contributed by atoms with van der Waals surface area (Å²) in [5.41, 5.74) is -2.06. The maximum atomic E-state index is 12.0. The molecule has 0 aromatic rings. The molecule has 4 heteroatoms. The van der Waals surface area contributed by atoms with E-state index >= 15 is 0 Å². The first kappa shape index (κ1) is 15.0. The van der Waals surface area contributed by atoms with Crippen LogP contribution in [0.3, 0.4) is 0 Å². The minimum Gasteiger partial charge on any atom is -0.480 e. The van der Waals surface area contributed by atoms with Crippen LogP contribution in [0.4, 0.5) is 0 Å². The summed E-state index contributed by atoms with van der Waals surface area (Å²) >= 11 is 0. The zero-order valence-corrected chi connectivity index (χ0v) is 11.8. The lowest BCUT2D eigenvalue weighted by Crippen LogP contribution is -2.44. The van der Waals surface area contributed by atoms with E-state index in [2.05, 4.69) is 0 Å². The van der Waals surface area contributed by atoms with Gasteiger partial charge in [0.2, 0.25) is 0 Å². The van der Waals surface area contributed by atoms with E-state index < -0.39 is 23.0 Å². The molecule has 0 unspecified atom stereocenters. The molecule has 1 aliphatic rings. The van der Waals surface area contributed by atoms with E-state index in [0.717, 1.165) is 25.7 Å². The van der Waals surface area contributed by atoms with Gasteiger partial charge in [-0.05, 0) is 46.5 Å². The minimum atomic E-state index is -1.48. The van der Waals surface area contributed by atoms with E-state index in [4.69, 9.17) is 9.84 Å². The fourth-order valence-electron chi connectivity index (χ4n) is 2.33. The van der Waals surface area contributed by atoms with Gasteiger partial charge in [0.05, 0.1) is 0 Å². The van der Waals surface area contributed by atoms with Gasteiger partial charge in [0, 0.05) is 0 Å². The van der Waals surface area contributed by atoms with Crippen LogP contribution in [0, 0.1) is 11.3 Å². The van der Waals surface area contributed by atoms with Crippen LogP contribution in [0.1, 0.15) is 59.8 Å². The third kappa shape index (κ3) is 3.24. The van der Waals surface area contributed by atoms with Crippen LogP contribution in [0.5, 0.6) is 0 Å². The van der Waals surface area contributed by atoms with Gasteiger partial charge in [-0.15, -0.1) is 0 Å². The molecule has 0 heterocycles. The van der Waals surface area contributed by atoms with E-state index in [1.54, 1.807) is 0 Å². The third-order valence-electron chi connectivity index (χ3n) is 3.99. The van der Waals surface area contributed by atoms with Crippen molar-refractivity contribution in [3.8, 4) is 0 Å². The summed E-state index contributed by atoms with van der Waals surface area (Å²) in [5, 5.41) is 9.02. The highest BCUT2D eigenvalue weighted by Crippen LogP contribution is 2.36. The van der Waals surface area contributed by atoms with Gasteiger partial charge in [-0.2, -0.15) is 0 Å². The second kappa shape index (κ2) is 5.29. The fourth-order valence-corrected chi connectivity index (χ4v) is 2.33. The third-order valence-corrected chi connectivity index (χ3v) is 3.99. The molecular formula is C14H24O4. The van der Waals surface area contributed by atoms with Crippen molar-refractivity contribution in [3.05, 3.63) is 0 Å². The first-order valence-corrected chi connectivity index (χ1v) is 6.65. The molecule has 1 saturated carbocycles. The Labute approximate surface area is 109 Å². The van der Waals surface area contributed by atoms with Gasteiger partial charge in [-0.25, -0.2) is 0 Å². The summed E-state index contributed by atoms with van der Waals surface area (Å²) in [6.07, 6.45) is 5.66. The molecule has 1 N–H and O–H groups in total. The van der Waals surface area contributed by atoms with Crippen molar-refractivity contribution in [2.24, 2.45) is 11.3 Å². The van der Waals surface area contributed by atoms with Gasteiger partial charge in [-0.3, -0.25) is 9.59 Å². The van der Waals surface area contributed by atoms with Crippen LogP contribution in [0.25, 0.3) is 0 Å². The van der Waals surface area contributed by atoms with Gasteiger partial charge in [0.25, 0.3) is 0 Å². The molecule has 4 nitrogen and oxygen atoms in total. The Morgan fingerprint density at radius 3 is 2.00 bits per heavy atom. The molecule has 0 aliphatic heterocycles. The van der Waals surface area contributed by atoms with E-state index in [9.17, 15) is 9.59 Å². The number of ether oxygens (including phenoxy) is 1.